The number of halogens is 7. The van der Waals surface area contributed by atoms with Gasteiger partial charge in [0, 0.05) is 0 Å². The number of benzene rings is 1. The molecule has 1 nitrogen and oxygen atoms in total. The predicted molar refractivity (Wildman–Crippen MR) is 48.2 cm³/mol. The number of alkyl halides is 3. The molecule has 0 fully saturated rings. The molecular formula is C8H7BF7O-. The Kier molecular flexibility index (Phi) is 5.31. The maximum Gasteiger partial charge on any atom is 0.673 e. The Hall–Kier alpha value is -1.41. The van der Waals surface area contributed by atoms with Gasteiger partial charge in [0.2, 0.25) is 0 Å². The summed E-state index contributed by atoms with van der Waals surface area (Å²) in [6.45, 7) is 0. The molecule has 0 atom stereocenters. The lowest BCUT2D eigenvalue weighted by atomic mass is 10.2. The van der Waals surface area contributed by atoms with E-state index in [1.165, 1.54) is 19.2 Å². The molecule has 0 heterocycles. The Morgan fingerprint density at radius 1 is 1.06 bits per heavy atom. The zero-order chi connectivity index (χ0) is 13.7. The smallest absolute Gasteiger partial charge is 0.497 e. The van der Waals surface area contributed by atoms with Crippen LogP contribution in [-0.2, 0) is 6.18 Å². The summed E-state index contributed by atoms with van der Waals surface area (Å²) in [5.41, 5.74) is -0.693. The Morgan fingerprint density at radius 3 is 1.88 bits per heavy atom. The summed E-state index contributed by atoms with van der Waals surface area (Å²) in [5, 5.41) is 0. The highest BCUT2D eigenvalue weighted by molar-refractivity contribution is 6.50. The van der Waals surface area contributed by atoms with E-state index >= 15 is 0 Å². The quantitative estimate of drug-likeness (QED) is 0.549. The minimum atomic E-state index is -6.00. The summed E-state index contributed by atoms with van der Waals surface area (Å²) in [7, 11) is -4.67. The zero-order valence-corrected chi connectivity index (χ0v) is 8.44. The van der Waals surface area contributed by atoms with Crippen molar-refractivity contribution in [1.29, 1.82) is 0 Å². The highest BCUT2D eigenvalue weighted by atomic mass is 19.5. The predicted octanol–water partition coefficient (Wildman–Crippen LogP) is 4.01. The topological polar surface area (TPSA) is 9.23 Å². The van der Waals surface area contributed by atoms with E-state index < -0.39 is 19.0 Å². The first-order chi connectivity index (χ1) is 7.54. The van der Waals surface area contributed by atoms with Crippen LogP contribution in [0.2, 0.25) is 0 Å². The maximum absolute atomic E-state index is 12.0. The van der Waals surface area contributed by atoms with E-state index in [9.17, 15) is 30.4 Å². The summed E-state index contributed by atoms with van der Waals surface area (Å²) < 4.78 is 79.8. The van der Waals surface area contributed by atoms with Crippen LogP contribution in [0.3, 0.4) is 0 Å². The average Bonchev–Trinajstić information content (AvgIpc) is 2.14. The van der Waals surface area contributed by atoms with Crippen LogP contribution in [0.25, 0.3) is 0 Å². The van der Waals surface area contributed by atoms with Gasteiger partial charge >= 0.3 is 13.4 Å². The summed E-state index contributed by atoms with van der Waals surface area (Å²) in [4.78, 5) is 0. The number of hydrogen-bond acceptors (Lipinski definition) is 1. The molecule has 98 valence electrons. The molecule has 0 saturated heterocycles. The molecule has 17 heavy (non-hydrogen) atoms. The van der Waals surface area contributed by atoms with Gasteiger partial charge in [-0.25, -0.2) is 0 Å². The van der Waals surface area contributed by atoms with Gasteiger partial charge in [0.25, 0.3) is 0 Å². The molecule has 0 aromatic heterocycles. The fourth-order valence-corrected chi connectivity index (χ4v) is 0.799. The van der Waals surface area contributed by atoms with Crippen LogP contribution in [0, 0.1) is 0 Å². The van der Waals surface area contributed by atoms with Crippen LogP contribution in [0.4, 0.5) is 30.4 Å². The van der Waals surface area contributed by atoms with E-state index in [1.807, 2.05) is 0 Å². The van der Waals surface area contributed by atoms with Gasteiger partial charge in [-0.05, 0) is 18.2 Å². The third kappa shape index (κ3) is 8.41. The molecule has 0 saturated carbocycles. The highest BCUT2D eigenvalue weighted by Crippen LogP contribution is 2.30. The summed E-state index contributed by atoms with van der Waals surface area (Å²) in [6, 6.07) is 4.74. The molecule has 1 aromatic carbocycles. The van der Waals surface area contributed by atoms with Gasteiger partial charge in [-0.2, -0.15) is 13.2 Å². The average molecular weight is 263 g/mol. The van der Waals surface area contributed by atoms with Gasteiger partial charge in [-0.3, -0.25) is 0 Å². The highest BCUT2D eigenvalue weighted by Gasteiger charge is 2.30. The number of rotatable bonds is 1. The van der Waals surface area contributed by atoms with Crippen LogP contribution in [0.15, 0.2) is 24.3 Å². The summed E-state index contributed by atoms with van der Waals surface area (Å²) >= 11 is 0. The normalized spacial score (nSPS) is 11.5. The van der Waals surface area contributed by atoms with E-state index in [0.717, 1.165) is 12.1 Å². The number of hydrogen-bond donors (Lipinski definition) is 0. The molecule has 1 aromatic rings. The molecule has 0 spiro atoms. The summed E-state index contributed by atoms with van der Waals surface area (Å²) in [5.74, 6) is 0.213. The Morgan fingerprint density at radius 2 is 1.53 bits per heavy atom. The first-order valence-electron chi connectivity index (χ1n) is 4.12. The van der Waals surface area contributed by atoms with E-state index in [1.54, 1.807) is 0 Å². The fraction of sp³-hybridized carbons (Fsp3) is 0.250. The minimum Gasteiger partial charge on any atom is -0.497 e. The molecular weight excluding hydrogens is 256 g/mol. The lowest BCUT2D eigenvalue weighted by Gasteiger charge is -2.07. The largest absolute Gasteiger partial charge is 0.673 e. The fourth-order valence-electron chi connectivity index (χ4n) is 0.799. The van der Waals surface area contributed by atoms with Crippen molar-refractivity contribution in [2.24, 2.45) is 0 Å². The molecule has 1 rings (SSSR count). The molecule has 0 aliphatic rings. The molecule has 0 bridgehead atoms. The van der Waals surface area contributed by atoms with Crippen molar-refractivity contribution >= 4 is 7.25 Å². The Balaban J connectivity index is 0.000000437. The van der Waals surface area contributed by atoms with Crippen molar-refractivity contribution in [2.75, 3.05) is 7.11 Å². The molecule has 0 amide bonds. The number of ether oxygens (including phenoxy) is 1. The monoisotopic (exact) mass is 263 g/mol. The van der Waals surface area contributed by atoms with Crippen LogP contribution in [-0.4, -0.2) is 14.4 Å². The molecule has 0 unspecified atom stereocenters. The van der Waals surface area contributed by atoms with Gasteiger partial charge in [0.15, 0.2) is 0 Å². The molecule has 9 heteroatoms. The maximum atomic E-state index is 12.0. The number of methoxy groups -OCH3 is 1. The van der Waals surface area contributed by atoms with Gasteiger partial charge in [-0.1, -0.05) is 6.07 Å². The van der Waals surface area contributed by atoms with Crippen molar-refractivity contribution < 1.29 is 35.2 Å². The van der Waals surface area contributed by atoms with E-state index in [2.05, 4.69) is 4.74 Å². The van der Waals surface area contributed by atoms with Crippen LogP contribution in [0.1, 0.15) is 5.56 Å². The standard InChI is InChI=1S/C8H7F3O.BF4/c1-12-7-4-2-3-6(5-7)8(9,10)11;2-1(3,4)5/h2-5H,1H3;/q;-1. The summed E-state index contributed by atoms with van der Waals surface area (Å²) in [6.07, 6.45) is -4.30. The zero-order valence-electron chi connectivity index (χ0n) is 8.44. The molecule has 0 radical (unpaired) electrons. The lowest BCUT2D eigenvalue weighted by Crippen LogP contribution is -2.04. The van der Waals surface area contributed by atoms with Crippen molar-refractivity contribution in [1.82, 2.24) is 0 Å². The second kappa shape index (κ2) is 5.78. The van der Waals surface area contributed by atoms with Crippen LogP contribution in [0.5, 0.6) is 5.75 Å². The van der Waals surface area contributed by atoms with E-state index in [0.29, 0.717) is 0 Å². The first kappa shape index (κ1) is 15.6. The van der Waals surface area contributed by atoms with Gasteiger partial charge in [0.1, 0.15) is 5.75 Å². The van der Waals surface area contributed by atoms with Gasteiger partial charge in [0.05, 0.1) is 12.7 Å². The Bertz CT molecular complexity index is 340. The first-order valence-corrected chi connectivity index (χ1v) is 4.12. The minimum absolute atomic E-state index is 0.213. The van der Waals surface area contributed by atoms with Crippen molar-refractivity contribution in [3.8, 4) is 5.75 Å². The third-order valence-electron chi connectivity index (χ3n) is 1.40. The van der Waals surface area contributed by atoms with E-state index in [-0.39, 0.29) is 5.75 Å². The molecule has 0 aliphatic heterocycles. The van der Waals surface area contributed by atoms with Crippen LogP contribution < -0.4 is 4.74 Å². The van der Waals surface area contributed by atoms with Crippen molar-refractivity contribution in [2.45, 2.75) is 6.18 Å². The van der Waals surface area contributed by atoms with Gasteiger partial charge in [-0.15, -0.1) is 0 Å². The second-order valence-corrected chi connectivity index (χ2v) is 2.72. The van der Waals surface area contributed by atoms with Gasteiger partial charge < -0.3 is 22.0 Å². The van der Waals surface area contributed by atoms with Crippen molar-refractivity contribution in [3.05, 3.63) is 29.8 Å². The lowest BCUT2D eigenvalue weighted by molar-refractivity contribution is -0.137. The second-order valence-electron chi connectivity index (χ2n) is 2.72. The SMILES string of the molecule is COc1cccc(C(F)(F)F)c1.F[B-](F)(F)F. The van der Waals surface area contributed by atoms with Crippen LogP contribution >= 0.6 is 0 Å². The van der Waals surface area contributed by atoms with Crippen molar-refractivity contribution in [3.63, 3.8) is 0 Å². The third-order valence-corrected chi connectivity index (χ3v) is 1.40. The van der Waals surface area contributed by atoms with E-state index in [4.69, 9.17) is 0 Å². The molecule has 0 N–H and O–H groups in total. The Labute approximate surface area is 92.3 Å². The molecule has 0 aliphatic carbocycles.